The second-order valence-corrected chi connectivity index (χ2v) is 5.22. The Kier molecular flexibility index (Phi) is 3.70. The zero-order valence-corrected chi connectivity index (χ0v) is 12.7. The molecule has 0 saturated carbocycles. The Hall–Kier alpha value is -3.15. The van der Waals surface area contributed by atoms with Gasteiger partial charge in [-0.1, -0.05) is 24.3 Å². The normalized spacial score (nSPS) is 13.1. The third-order valence-corrected chi connectivity index (χ3v) is 3.63. The second kappa shape index (κ2) is 6.16. The van der Waals surface area contributed by atoms with Gasteiger partial charge in [0.05, 0.1) is 24.6 Å². The minimum atomic E-state index is -0.388. The van der Waals surface area contributed by atoms with E-state index in [2.05, 4.69) is 9.97 Å². The predicted molar refractivity (Wildman–Crippen MR) is 87.4 cm³/mol. The number of fused-ring (bicyclic) bond motifs is 1. The summed E-state index contributed by atoms with van der Waals surface area (Å²) in [6.45, 7) is 0.925. The fourth-order valence-corrected chi connectivity index (χ4v) is 2.55. The number of benzene rings is 2. The van der Waals surface area contributed by atoms with Gasteiger partial charge in [0.25, 0.3) is 0 Å². The molecule has 0 fully saturated rings. The average molecular weight is 323 g/mol. The number of ether oxygens (including phenoxy) is 2. The molecule has 0 N–H and O–H groups in total. The van der Waals surface area contributed by atoms with Crippen LogP contribution in [0.3, 0.4) is 0 Å². The number of halogens is 1. The Labute approximate surface area is 138 Å². The van der Waals surface area contributed by atoms with Gasteiger partial charge in [-0.2, -0.15) is 0 Å². The number of aromatic nitrogens is 2. The molecule has 0 spiro atoms. The minimum Gasteiger partial charge on any atom is -0.486 e. The van der Waals surface area contributed by atoms with Crippen LogP contribution in [0.5, 0.6) is 17.2 Å². The van der Waals surface area contributed by atoms with Crippen molar-refractivity contribution in [1.82, 2.24) is 9.97 Å². The molecule has 0 atom stereocenters. The highest BCUT2D eigenvalue weighted by Gasteiger charge is 2.23. The van der Waals surface area contributed by atoms with Gasteiger partial charge in [-0.05, 0) is 24.3 Å². The third-order valence-electron chi connectivity index (χ3n) is 3.63. The highest BCUT2D eigenvalue weighted by Crippen LogP contribution is 2.37. The summed E-state index contributed by atoms with van der Waals surface area (Å²) in [6.07, 6.45) is 3.20. The Balaban J connectivity index is 1.59. The molecule has 0 amide bonds. The minimum absolute atomic E-state index is 0.233. The Morgan fingerprint density at radius 3 is 2.54 bits per heavy atom. The van der Waals surface area contributed by atoms with Crippen LogP contribution in [0.1, 0.15) is 0 Å². The number of para-hydroxylation sites is 2. The topological polar surface area (TPSA) is 47.5 Å². The van der Waals surface area contributed by atoms with E-state index in [1.165, 1.54) is 6.07 Å². The maximum Gasteiger partial charge on any atom is 0.230 e. The van der Waals surface area contributed by atoms with Gasteiger partial charge in [0.15, 0.2) is 17.3 Å². The number of rotatable bonds is 3. The van der Waals surface area contributed by atoms with Crippen molar-refractivity contribution < 1.29 is 13.9 Å². The molecule has 1 aliphatic rings. The van der Waals surface area contributed by atoms with E-state index in [0.717, 1.165) is 0 Å². The van der Waals surface area contributed by atoms with Crippen molar-refractivity contribution in [2.45, 2.75) is 0 Å². The summed E-state index contributed by atoms with van der Waals surface area (Å²) in [7, 11) is 0. The van der Waals surface area contributed by atoms with E-state index < -0.39 is 0 Å². The van der Waals surface area contributed by atoms with E-state index in [9.17, 15) is 4.39 Å². The molecule has 0 aliphatic carbocycles. The summed E-state index contributed by atoms with van der Waals surface area (Å²) in [5, 5.41) is 0. The van der Waals surface area contributed by atoms with Gasteiger partial charge in [0, 0.05) is 0 Å². The summed E-state index contributed by atoms with van der Waals surface area (Å²) in [5.74, 6) is 1.58. The van der Waals surface area contributed by atoms with Crippen molar-refractivity contribution >= 4 is 11.6 Å². The first-order valence-corrected chi connectivity index (χ1v) is 7.55. The quantitative estimate of drug-likeness (QED) is 0.730. The number of hydrogen-bond donors (Lipinski definition) is 0. The van der Waals surface area contributed by atoms with Crippen LogP contribution >= 0.6 is 0 Å². The zero-order chi connectivity index (χ0) is 16.4. The van der Waals surface area contributed by atoms with Crippen LogP contribution in [0.4, 0.5) is 16.0 Å². The van der Waals surface area contributed by atoms with E-state index in [1.807, 2.05) is 35.2 Å². The Morgan fingerprint density at radius 1 is 0.958 bits per heavy atom. The van der Waals surface area contributed by atoms with Gasteiger partial charge < -0.3 is 14.4 Å². The molecular formula is C18H14FN3O2. The highest BCUT2D eigenvalue weighted by atomic mass is 19.1. The van der Waals surface area contributed by atoms with Crippen LogP contribution in [-0.4, -0.2) is 23.1 Å². The highest BCUT2D eigenvalue weighted by molar-refractivity contribution is 5.67. The van der Waals surface area contributed by atoms with E-state index in [0.29, 0.717) is 36.3 Å². The summed E-state index contributed by atoms with van der Waals surface area (Å²) in [5.41, 5.74) is 0.623. The number of hydrogen-bond acceptors (Lipinski definition) is 5. The fourth-order valence-electron chi connectivity index (χ4n) is 2.55. The molecule has 24 heavy (non-hydrogen) atoms. The smallest absolute Gasteiger partial charge is 0.230 e. The summed E-state index contributed by atoms with van der Waals surface area (Å²) in [4.78, 5) is 10.5. The molecule has 2 aromatic carbocycles. The first-order valence-electron chi connectivity index (χ1n) is 7.55. The van der Waals surface area contributed by atoms with E-state index in [4.69, 9.17) is 9.47 Å². The molecule has 3 aromatic rings. The summed E-state index contributed by atoms with van der Waals surface area (Å²) in [6, 6.07) is 14.2. The molecule has 2 heterocycles. The van der Waals surface area contributed by atoms with E-state index in [1.54, 1.807) is 24.5 Å². The van der Waals surface area contributed by atoms with Gasteiger partial charge in [-0.15, -0.1) is 0 Å². The average Bonchev–Trinajstić information content (AvgIpc) is 2.63. The first-order chi connectivity index (χ1) is 11.8. The van der Waals surface area contributed by atoms with Crippen molar-refractivity contribution in [3.05, 3.63) is 66.7 Å². The SMILES string of the molecule is Fc1cccc2c1OCCN2c1ncc(Oc2ccccc2)cn1. The van der Waals surface area contributed by atoms with Crippen LogP contribution in [0, 0.1) is 5.82 Å². The molecule has 6 heteroatoms. The van der Waals surface area contributed by atoms with Crippen molar-refractivity contribution in [2.24, 2.45) is 0 Å². The maximum atomic E-state index is 13.9. The maximum absolute atomic E-state index is 13.9. The van der Waals surface area contributed by atoms with Crippen molar-refractivity contribution in [3.63, 3.8) is 0 Å². The molecule has 5 nitrogen and oxygen atoms in total. The van der Waals surface area contributed by atoms with Crippen LogP contribution in [0.2, 0.25) is 0 Å². The van der Waals surface area contributed by atoms with Crippen LogP contribution in [0.25, 0.3) is 0 Å². The monoisotopic (exact) mass is 323 g/mol. The van der Waals surface area contributed by atoms with Crippen LogP contribution in [0.15, 0.2) is 60.9 Å². The largest absolute Gasteiger partial charge is 0.486 e. The Bertz CT molecular complexity index is 841. The molecule has 0 saturated heterocycles. The Morgan fingerprint density at radius 2 is 1.75 bits per heavy atom. The fraction of sp³-hybridized carbons (Fsp3) is 0.111. The number of anilines is 2. The molecular weight excluding hydrogens is 309 g/mol. The van der Waals surface area contributed by atoms with Gasteiger partial charge in [-0.25, -0.2) is 14.4 Å². The van der Waals surface area contributed by atoms with E-state index >= 15 is 0 Å². The summed E-state index contributed by atoms with van der Waals surface area (Å²) < 4.78 is 24.9. The lowest BCUT2D eigenvalue weighted by Gasteiger charge is -2.29. The van der Waals surface area contributed by atoms with Crippen molar-refractivity contribution in [1.29, 1.82) is 0 Å². The number of nitrogens with zero attached hydrogens (tertiary/aromatic N) is 3. The third kappa shape index (κ3) is 2.74. The van der Waals surface area contributed by atoms with Crippen molar-refractivity contribution in [2.75, 3.05) is 18.1 Å². The molecule has 0 unspecified atom stereocenters. The lowest BCUT2D eigenvalue weighted by molar-refractivity contribution is 0.296. The standard InChI is InChI=1S/C18H14FN3O2/c19-15-7-4-8-16-17(15)23-10-9-22(16)18-20-11-14(12-21-18)24-13-5-2-1-3-6-13/h1-8,11-12H,9-10H2. The lowest BCUT2D eigenvalue weighted by Crippen LogP contribution is -2.30. The zero-order valence-electron chi connectivity index (χ0n) is 12.7. The van der Waals surface area contributed by atoms with Gasteiger partial charge in [-0.3, -0.25) is 0 Å². The summed E-state index contributed by atoms with van der Waals surface area (Å²) >= 11 is 0. The van der Waals surface area contributed by atoms with E-state index in [-0.39, 0.29) is 11.6 Å². The van der Waals surface area contributed by atoms with Gasteiger partial charge in [0.2, 0.25) is 5.95 Å². The predicted octanol–water partition coefficient (Wildman–Crippen LogP) is 3.94. The lowest BCUT2D eigenvalue weighted by atomic mass is 10.2. The molecule has 4 rings (SSSR count). The molecule has 0 bridgehead atoms. The molecule has 1 aliphatic heterocycles. The van der Waals surface area contributed by atoms with Crippen LogP contribution in [-0.2, 0) is 0 Å². The molecule has 0 radical (unpaired) electrons. The van der Waals surface area contributed by atoms with Gasteiger partial charge in [0.1, 0.15) is 12.4 Å². The second-order valence-electron chi connectivity index (χ2n) is 5.22. The first kappa shape index (κ1) is 14.4. The van der Waals surface area contributed by atoms with Crippen molar-refractivity contribution in [3.8, 4) is 17.2 Å². The van der Waals surface area contributed by atoms with Crippen LogP contribution < -0.4 is 14.4 Å². The van der Waals surface area contributed by atoms with Gasteiger partial charge >= 0.3 is 0 Å². The molecule has 1 aromatic heterocycles. The molecule has 120 valence electrons.